The first-order chi connectivity index (χ1) is 4.13. The molecule has 1 N–H and O–H groups in total. The normalized spacial score (nSPS) is 31.7. The SMILES string of the molecule is CC(=O)[C@H]1C[C@@H]1C(=O)O. The zero-order valence-corrected chi connectivity index (χ0v) is 5.13. The van der Waals surface area contributed by atoms with Gasteiger partial charge in [0.1, 0.15) is 5.78 Å². The highest BCUT2D eigenvalue weighted by molar-refractivity contribution is 5.89. The Kier molecular flexibility index (Phi) is 1.27. The molecule has 0 saturated heterocycles. The van der Waals surface area contributed by atoms with E-state index in [-0.39, 0.29) is 17.6 Å². The van der Waals surface area contributed by atoms with Crippen molar-refractivity contribution in [2.45, 2.75) is 13.3 Å². The van der Waals surface area contributed by atoms with Crippen molar-refractivity contribution in [3.63, 3.8) is 0 Å². The summed E-state index contributed by atoms with van der Waals surface area (Å²) in [5.74, 6) is -1.39. The largest absolute Gasteiger partial charge is 0.481 e. The molecule has 0 aromatic carbocycles. The van der Waals surface area contributed by atoms with Crippen molar-refractivity contribution < 1.29 is 14.7 Å². The van der Waals surface area contributed by atoms with Crippen LogP contribution in [0.15, 0.2) is 0 Å². The number of hydrogen-bond acceptors (Lipinski definition) is 2. The van der Waals surface area contributed by atoms with Gasteiger partial charge in [0.25, 0.3) is 0 Å². The maximum atomic E-state index is 10.5. The first kappa shape index (κ1) is 6.26. The molecule has 0 spiro atoms. The first-order valence-electron chi connectivity index (χ1n) is 2.86. The first-order valence-corrected chi connectivity index (χ1v) is 2.86. The van der Waals surface area contributed by atoms with Gasteiger partial charge in [-0.1, -0.05) is 0 Å². The Morgan fingerprint density at radius 1 is 1.44 bits per heavy atom. The lowest BCUT2D eigenvalue weighted by molar-refractivity contribution is -0.139. The van der Waals surface area contributed by atoms with E-state index in [9.17, 15) is 9.59 Å². The molecule has 3 nitrogen and oxygen atoms in total. The summed E-state index contributed by atoms with van der Waals surface area (Å²) in [6, 6.07) is 0. The Morgan fingerprint density at radius 3 is 2.11 bits per heavy atom. The molecule has 0 aliphatic heterocycles. The number of carboxylic acid groups (broad SMARTS) is 1. The molecule has 1 saturated carbocycles. The van der Waals surface area contributed by atoms with Gasteiger partial charge in [0.2, 0.25) is 0 Å². The van der Waals surface area contributed by atoms with Gasteiger partial charge in [0, 0.05) is 5.92 Å². The van der Waals surface area contributed by atoms with Crippen molar-refractivity contribution in [3.8, 4) is 0 Å². The van der Waals surface area contributed by atoms with Crippen LogP contribution in [0.2, 0.25) is 0 Å². The van der Waals surface area contributed by atoms with E-state index in [0.717, 1.165) is 0 Å². The minimum atomic E-state index is -0.838. The van der Waals surface area contributed by atoms with Gasteiger partial charge in [-0.2, -0.15) is 0 Å². The lowest BCUT2D eigenvalue weighted by atomic mass is 10.2. The summed E-state index contributed by atoms with van der Waals surface area (Å²) in [4.78, 5) is 20.6. The number of carbonyl (C=O) groups excluding carboxylic acids is 1. The van der Waals surface area contributed by atoms with Crippen molar-refractivity contribution in [2.75, 3.05) is 0 Å². The van der Waals surface area contributed by atoms with E-state index in [1.54, 1.807) is 0 Å². The maximum Gasteiger partial charge on any atom is 0.307 e. The smallest absolute Gasteiger partial charge is 0.307 e. The van der Waals surface area contributed by atoms with Gasteiger partial charge in [-0.05, 0) is 13.3 Å². The molecule has 3 heteroatoms. The minimum Gasteiger partial charge on any atom is -0.481 e. The number of rotatable bonds is 2. The molecule has 0 unspecified atom stereocenters. The lowest BCUT2D eigenvalue weighted by Gasteiger charge is -1.85. The highest BCUT2D eigenvalue weighted by Crippen LogP contribution is 2.38. The summed E-state index contributed by atoms with van der Waals surface area (Å²) in [7, 11) is 0. The number of Topliss-reactive ketones (excluding diaryl/α,β-unsaturated/α-hetero) is 1. The molecule has 2 atom stereocenters. The summed E-state index contributed by atoms with van der Waals surface area (Å²) in [6.07, 6.45) is 0.546. The number of carboxylic acids is 1. The molecule has 50 valence electrons. The Bertz CT molecular complexity index is 144. The van der Waals surface area contributed by atoms with Crippen LogP contribution in [0.4, 0.5) is 0 Å². The van der Waals surface area contributed by atoms with Crippen LogP contribution in [0, 0.1) is 11.8 Å². The summed E-state index contributed by atoms with van der Waals surface area (Å²) >= 11 is 0. The Labute approximate surface area is 52.7 Å². The van der Waals surface area contributed by atoms with Crippen LogP contribution in [-0.4, -0.2) is 16.9 Å². The van der Waals surface area contributed by atoms with E-state index in [0.29, 0.717) is 6.42 Å². The van der Waals surface area contributed by atoms with Gasteiger partial charge >= 0.3 is 5.97 Å². The fraction of sp³-hybridized carbons (Fsp3) is 0.667. The zero-order valence-electron chi connectivity index (χ0n) is 5.13. The Hall–Kier alpha value is -0.860. The molecule has 0 radical (unpaired) electrons. The van der Waals surface area contributed by atoms with E-state index >= 15 is 0 Å². The topological polar surface area (TPSA) is 54.4 Å². The fourth-order valence-electron chi connectivity index (χ4n) is 0.917. The second-order valence-electron chi connectivity index (χ2n) is 2.40. The van der Waals surface area contributed by atoms with Gasteiger partial charge in [0.05, 0.1) is 5.92 Å². The van der Waals surface area contributed by atoms with Gasteiger partial charge < -0.3 is 5.11 Å². The minimum absolute atomic E-state index is 0.00222. The summed E-state index contributed by atoms with van der Waals surface area (Å²) in [6.45, 7) is 1.44. The van der Waals surface area contributed by atoms with Crippen LogP contribution < -0.4 is 0 Å². The average molecular weight is 128 g/mol. The van der Waals surface area contributed by atoms with Crippen LogP contribution in [0.5, 0.6) is 0 Å². The highest BCUT2D eigenvalue weighted by atomic mass is 16.4. The number of carbonyl (C=O) groups is 2. The van der Waals surface area contributed by atoms with Gasteiger partial charge in [0.15, 0.2) is 0 Å². The van der Waals surface area contributed by atoms with E-state index in [2.05, 4.69) is 0 Å². The molecule has 0 bridgehead atoms. The summed E-state index contributed by atoms with van der Waals surface area (Å²) in [5.41, 5.74) is 0. The molecular weight excluding hydrogens is 120 g/mol. The van der Waals surface area contributed by atoms with E-state index in [4.69, 9.17) is 5.11 Å². The molecule has 0 aromatic rings. The van der Waals surface area contributed by atoms with Crippen LogP contribution in [0.3, 0.4) is 0 Å². The monoisotopic (exact) mass is 128 g/mol. The quantitative estimate of drug-likeness (QED) is 0.581. The Balaban J connectivity index is 2.42. The predicted molar refractivity (Wildman–Crippen MR) is 29.9 cm³/mol. The van der Waals surface area contributed by atoms with Crippen molar-refractivity contribution >= 4 is 11.8 Å². The number of ketones is 1. The third-order valence-electron chi connectivity index (χ3n) is 1.63. The van der Waals surface area contributed by atoms with Crippen molar-refractivity contribution in [2.24, 2.45) is 11.8 Å². The fourth-order valence-corrected chi connectivity index (χ4v) is 0.917. The molecule has 1 rings (SSSR count). The third-order valence-corrected chi connectivity index (χ3v) is 1.63. The molecule has 9 heavy (non-hydrogen) atoms. The van der Waals surface area contributed by atoms with Crippen molar-refractivity contribution in [1.29, 1.82) is 0 Å². The van der Waals surface area contributed by atoms with E-state index in [1.807, 2.05) is 0 Å². The van der Waals surface area contributed by atoms with Crippen LogP contribution in [-0.2, 0) is 9.59 Å². The van der Waals surface area contributed by atoms with Crippen LogP contribution in [0.25, 0.3) is 0 Å². The number of aliphatic carboxylic acids is 1. The van der Waals surface area contributed by atoms with E-state index < -0.39 is 5.97 Å². The third kappa shape index (κ3) is 1.09. The summed E-state index contributed by atoms with van der Waals surface area (Å²) < 4.78 is 0. The van der Waals surface area contributed by atoms with Gasteiger partial charge in [-0.15, -0.1) is 0 Å². The second-order valence-corrected chi connectivity index (χ2v) is 2.40. The molecular formula is C6H8O3. The Morgan fingerprint density at radius 2 is 2.00 bits per heavy atom. The molecule has 1 aliphatic carbocycles. The van der Waals surface area contributed by atoms with E-state index in [1.165, 1.54) is 6.92 Å². The maximum absolute atomic E-state index is 10.5. The van der Waals surface area contributed by atoms with Crippen LogP contribution in [0.1, 0.15) is 13.3 Å². The molecule has 0 aromatic heterocycles. The molecule has 1 fully saturated rings. The summed E-state index contributed by atoms with van der Waals surface area (Å²) in [5, 5.41) is 8.32. The van der Waals surface area contributed by atoms with Gasteiger partial charge in [-0.25, -0.2) is 0 Å². The van der Waals surface area contributed by atoms with Gasteiger partial charge in [-0.3, -0.25) is 9.59 Å². The second kappa shape index (κ2) is 1.83. The van der Waals surface area contributed by atoms with Crippen molar-refractivity contribution in [3.05, 3.63) is 0 Å². The molecule has 1 aliphatic rings. The lowest BCUT2D eigenvalue weighted by Crippen LogP contribution is -2.03. The molecule has 0 amide bonds. The predicted octanol–water partition coefficient (Wildman–Crippen LogP) is 0.296. The zero-order chi connectivity index (χ0) is 7.02. The average Bonchev–Trinajstić information content (AvgIpc) is 2.39. The number of hydrogen-bond donors (Lipinski definition) is 1. The van der Waals surface area contributed by atoms with Crippen LogP contribution >= 0.6 is 0 Å². The standard InChI is InChI=1S/C6H8O3/c1-3(7)4-2-5(4)6(8)9/h4-5H,2H2,1H3,(H,8,9)/t4-,5+/m1/s1. The highest BCUT2D eigenvalue weighted by Gasteiger charge is 2.46. The van der Waals surface area contributed by atoms with Crippen molar-refractivity contribution in [1.82, 2.24) is 0 Å². The molecule has 0 heterocycles.